The van der Waals surface area contributed by atoms with Crippen molar-refractivity contribution < 1.29 is 4.79 Å². The van der Waals surface area contributed by atoms with Crippen molar-refractivity contribution in [2.45, 2.75) is 6.04 Å². The van der Waals surface area contributed by atoms with Gasteiger partial charge in [0.1, 0.15) is 16.4 Å². The van der Waals surface area contributed by atoms with E-state index in [-0.39, 0.29) is 5.01 Å². The molecule has 1 atom stereocenters. The summed E-state index contributed by atoms with van der Waals surface area (Å²) in [7, 11) is 0. The van der Waals surface area contributed by atoms with E-state index in [0.29, 0.717) is 20.9 Å². The zero-order chi connectivity index (χ0) is 15.5. The van der Waals surface area contributed by atoms with Crippen LogP contribution in [0.3, 0.4) is 0 Å². The second-order valence-corrected chi connectivity index (χ2v) is 5.79. The normalized spacial score (nSPS) is 11.8. The van der Waals surface area contributed by atoms with Crippen LogP contribution in [-0.4, -0.2) is 15.9 Å². The summed E-state index contributed by atoms with van der Waals surface area (Å²) in [5.41, 5.74) is 1.21. The van der Waals surface area contributed by atoms with Crippen molar-refractivity contribution in [1.82, 2.24) is 15.3 Å². The second kappa shape index (κ2) is 6.10. The van der Waals surface area contributed by atoms with Gasteiger partial charge in [0.15, 0.2) is 5.01 Å². The fourth-order valence-corrected chi connectivity index (χ4v) is 3.00. The predicted octanol–water partition coefficient (Wildman–Crippen LogP) is 3.34. The zero-order valence-electron chi connectivity index (χ0n) is 11.2. The van der Waals surface area contributed by atoms with Gasteiger partial charge in [0, 0.05) is 16.8 Å². The van der Waals surface area contributed by atoms with Crippen molar-refractivity contribution in [3.63, 3.8) is 0 Å². The van der Waals surface area contributed by atoms with Gasteiger partial charge in [-0.1, -0.05) is 41.1 Å². The van der Waals surface area contributed by atoms with Gasteiger partial charge in [-0.15, -0.1) is 0 Å². The molecule has 0 aliphatic carbocycles. The number of hydrogen-bond acceptors (Lipinski definition) is 5. The molecular formula is C15H9ClN4OS. The number of benzene rings is 1. The molecule has 0 saturated carbocycles. The van der Waals surface area contributed by atoms with E-state index in [0.717, 1.165) is 0 Å². The molecule has 0 spiro atoms. The molecule has 0 radical (unpaired) electrons. The molecular weight excluding hydrogens is 320 g/mol. The highest BCUT2D eigenvalue weighted by Crippen LogP contribution is 2.24. The molecule has 7 heteroatoms. The first-order valence-corrected chi connectivity index (χ1v) is 7.55. The van der Waals surface area contributed by atoms with Crippen molar-refractivity contribution >= 4 is 39.2 Å². The van der Waals surface area contributed by atoms with E-state index >= 15 is 0 Å². The number of thiazole rings is 1. The molecule has 1 aromatic carbocycles. The molecule has 108 valence electrons. The number of hydrogen-bond donors (Lipinski definition) is 1. The molecule has 3 aromatic rings. The Bertz CT molecular complexity index is 853. The Labute approximate surface area is 135 Å². The topological polar surface area (TPSA) is 78.7 Å². The monoisotopic (exact) mass is 328 g/mol. The van der Waals surface area contributed by atoms with Crippen LogP contribution in [0.25, 0.3) is 10.3 Å². The summed E-state index contributed by atoms with van der Waals surface area (Å²) in [6.07, 6.45) is 1.64. The molecule has 0 fully saturated rings. The fourth-order valence-electron chi connectivity index (χ4n) is 1.95. The smallest absolute Gasteiger partial charge is 0.281 e. The molecule has 1 amide bonds. The third kappa shape index (κ3) is 2.77. The number of nitriles is 1. The minimum absolute atomic E-state index is 0.265. The molecule has 0 unspecified atom stereocenters. The summed E-state index contributed by atoms with van der Waals surface area (Å²) in [5, 5.41) is 12.6. The van der Waals surface area contributed by atoms with Crippen LogP contribution in [0.5, 0.6) is 0 Å². The van der Waals surface area contributed by atoms with E-state index in [1.807, 2.05) is 6.07 Å². The summed E-state index contributed by atoms with van der Waals surface area (Å²) in [4.78, 5) is 21.3. The van der Waals surface area contributed by atoms with E-state index < -0.39 is 11.9 Å². The highest BCUT2D eigenvalue weighted by atomic mass is 35.5. The molecule has 2 aromatic heterocycles. The molecule has 0 aliphatic heterocycles. The second-order valence-electron chi connectivity index (χ2n) is 4.40. The van der Waals surface area contributed by atoms with Crippen LogP contribution in [0.15, 0.2) is 42.6 Å². The van der Waals surface area contributed by atoms with Crippen LogP contribution >= 0.6 is 22.9 Å². The van der Waals surface area contributed by atoms with Gasteiger partial charge in [0.05, 0.1) is 6.07 Å². The van der Waals surface area contributed by atoms with Gasteiger partial charge in [0.2, 0.25) is 0 Å². The number of halogens is 1. The Morgan fingerprint density at radius 1 is 1.32 bits per heavy atom. The lowest BCUT2D eigenvalue weighted by Crippen LogP contribution is -2.27. The summed E-state index contributed by atoms with van der Waals surface area (Å²) >= 11 is 7.25. The fraction of sp³-hybridized carbons (Fsp3) is 0.0667. The minimum Gasteiger partial charge on any atom is -0.330 e. The number of nitrogens with zero attached hydrogens (tertiary/aromatic N) is 3. The van der Waals surface area contributed by atoms with Crippen molar-refractivity contribution in [2.75, 3.05) is 0 Å². The lowest BCUT2D eigenvalue weighted by atomic mass is 10.1. The Kier molecular flexibility index (Phi) is 4.00. The zero-order valence-corrected chi connectivity index (χ0v) is 12.7. The van der Waals surface area contributed by atoms with Gasteiger partial charge in [-0.25, -0.2) is 9.97 Å². The molecule has 5 nitrogen and oxygen atoms in total. The molecule has 1 N–H and O–H groups in total. The van der Waals surface area contributed by atoms with Crippen LogP contribution in [-0.2, 0) is 0 Å². The largest absolute Gasteiger partial charge is 0.330 e. The maximum Gasteiger partial charge on any atom is 0.281 e. The molecule has 0 aliphatic rings. The minimum atomic E-state index is -0.832. The van der Waals surface area contributed by atoms with E-state index in [9.17, 15) is 10.1 Å². The summed E-state index contributed by atoms with van der Waals surface area (Å²) in [6.45, 7) is 0. The van der Waals surface area contributed by atoms with Gasteiger partial charge < -0.3 is 5.32 Å². The first kappa shape index (κ1) is 14.4. The van der Waals surface area contributed by atoms with Crippen molar-refractivity contribution in [2.24, 2.45) is 0 Å². The molecule has 0 saturated heterocycles. The number of carbonyl (C=O) groups excluding carboxylic acids is 1. The Morgan fingerprint density at radius 3 is 2.86 bits per heavy atom. The molecule has 0 bridgehead atoms. The Hall–Kier alpha value is -2.49. The van der Waals surface area contributed by atoms with Gasteiger partial charge in [0.25, 0.3) is 5.91 Å². The van der Waals surface area contributed by atoms with Gasteiger partial charge in [-0.3, -0.25) is 4.79 Å². The number of rotatable bonds is 3. The highest BCUT2D eigenvalue weighted by Gasteiger charge is 2.20. The molecule has 22 heavy (non-hydrogen) atoms. The quantitative estimate of drug-likeness (QED) is 0.799. The van der Waals surface area contributed by atoms with E-state index in [1.54, 1.807) is 42.6 Å². The Morgan fingerprint density at radius 2 is 2.14 bits per heavy atom. The van der Waals surface area contributed by atoms with Gasteiger partial charge in [-0.05, 0) is 18.2 Å². The van der Waals surface area contributed by atoms with Gasteiger partial charge in [-0.2, -0.15) is 5.26 Å². The van der Waals surface area contributed by atoms with Crippen molar-refractivity contribution in [3.8, 4) is 6.07 Å². The third-order valence-corrected chi connectivity index (χ3v) is 4.30. The average molecular weight is 329 g/mol. The SMILES string of the molecule is N#C[C@H](NC(=O)c1nc2cccnc2s1)c1ccccc1Cl. The van der Waals surface area contributed by atoms with Crippen molar-refractivity contribution in [1.29, 1.82) is 5.26 Å². The summed E-state index contributed by atoms with van der Waals surface area (Å²) < 4.78 is 0. The number of pyridine rings is 1. The first-order valence-electron chi connectivity index (χ1n) is 6.35. The maximum absolute atomic E-state index is 12.3. The Balaban J connectivity index is 1.86. The lowest BCUT2D eigenvalue weighted by molar-refractivity contribution is 0.0945. The maximum atomic E-state index is 12.3. The third-order valence-electron chi connectivity index (χ3n) is 2.98. The van der Waals surface area contributed by atoms with Crippen LogP contribution < -0.4 is 5.32 Å². The number of carbonyl (C=O) groups is 1. The van der Waals surface area contributed by atoms with E-state index in [4.69, 9.17) is 11.6 Å². The standard InChI is InChI=1S/C15H9ClN4OS/c16-10-5-2-1-4-9(10)12(8-17)19-13(21)15-20-11-6-3-7-18-14(11)22-15/h1-7,12H,(H,19,21)/t12-/m0/s1. The van der Waals surface area contributed by atoms with E-state index in [2.05, 4.69) is 15.3 Å². The lowest BCUT2D eigenvalue weighted by Gasteiger charge is -2.12. The summed E-state index contributed by atoms with van der Waals surface area (Å²) in [5.74, 6) is -0.422. The van der Waals surface area contributed by atoms with Gasteiger partial charge >= 0.3 is 0 Å². The number of nitrogens with one attached hydrogen (secondary N) is 1. The van der Waals surface area contributed by atoms with Crippen LogP contribution in [0.1, 0.15) is 21.4 Å². The predicted molar refractivity (Wildman–Crippen MR) is 84.7 cm³/mol. The number of aromatic nitrogens is 2. The van der Waals surface area contributed by atoms with Crippen LogP contribution in [0, 0.1) is 11.3 Å². The highest BCUT2D eigenvalue weighted by molar-refractivity contribution is 7.19. The van der Waals surface area contributed by atoms with E-state index in [1.165, 1.54) is 11.3 Å². The first-order chi connectivity index (χ1) is 10.7. The number of amides is 1. The van der Waals surface area contributed by atoms with Crippen LogP contribution in [0.2, 0.25) is 5.02 Å². The molecule has 3 rings (SSSR count). The average Bonchev–Trinajstić information content (AvgIpc) is 2.97. The molecule has 2 heterocycles. The van der Waals surface area contributed by atoms with Crippen LogP contribution in [0.4, 0.5) is 0 Å². The summed E-state index contributed by atoms with van der Waals surface area (Å²) in [6, 6.07) is 11.7. The number of fused-ring (bicyclic) bond motifs is 1. The van der Waals surface area contributed by atoms with Crippen molar-refractivity contribution in [3.05, 3.63) is 58.2 Å².